The molecule has 124 valence electrons. The quantitative estimate of drug-likeness (QED) is 0.460. The van der Waals surface area contributed by atoms with Crippen molar-refractivity contribution >= 4 is 27.5 Å². The predicted molar refractivity (Wildman–Crippen MR) is 86.0 cm³/mol. The maximum Gasteiger partial charge on any atom is 0.272 e. The molecule has 0 spiro atoms. The van der Waals surface area contributed by atoms with E-state index in [0.717, 1.165) is 21.1 Å². The third-order valence-electron chi connectivity index (χ3n) is 5.27. The van der Waals surface area contributed by atoms with E-state index in [1.54, 1.807) is 18.2 Å². The van der Waals surface area contributed by atoms with Crippen molar-refractivity contribution in [3.63, 3.8) is 0 Å². The van der Waals surface area contributed by atoms with Crippen LogP contribution in [0.5, 0.6) is 5.75 Å². The van der Waals surface area contributed by atoms with Crippen LogP contribution in [-0.2, 0) is 0 Å². The largest absolute Gasteiger partial charge is 1.00 e. The van der Waals surface area contributed by atoms with E-state index in [-0.39, 0.29) is 41.7 Å². The molecular weight excluding hydrogens is 425 g/mol. The summed E-state index contributed by atoms with van der Waals surface area (Å²) >= 11 is 1.30. The number of phenols is 1. The smallest absolute Gasteiger partial charge is 0.272 e. The number of likely N-dealkylation sites (N-methyl/N-ethyl adjacent to an activating group) is 1. The van der Waals surface area contributed by atoms with E-state index < -0.39 is 0 Å². The highest BCUT2D eigenvalue weighted by atomic mass is 127. The molecule has 2 aromatic rings. The van der Waals surface area contributed by atoms with Crippen LogP contribution in [0.15, 0.2) is 18.2 Å². The van der Waals surface area contributed by atoms with Gasteiger partial charge in [0, 0.05) is 18.2 Å². The molecule has 1 amide bonds. The molecule has 2 N–H and O–H groups in total. The third-order valence-corrected chi connectivity index (χ3v) is 6.10. The number of amides is 1. The number of hydrogen-bond donors (Lipinski definition) is 2. The molecule has 2 bridgehead atoms. The van der Waals surface area contributed by atoms with Crippen molar-refractivity contribution in [2.45, 2.75) is 18.9 Å². The Bertz CT molecular complexity index is 740. The van der Waals surface area contributed by atoms with Crippen LogP contribution < -0.4 is 29.3 Å². The summed E-state index contributed by atoms with van der Waals surface area (Å²) < 4.78 is 6.29. The fourth-order valence-corrected chi connectivity index (χ4v) is 4.66. The highest BCUT2D eigenvalue weighted by Gasteiger charge is 2.44. The first-order chi connectivity index (χ1) is 10.5. The Morgan fingerprint density at radius 3 is 2.83 bits per heavy atom. The van der Waals surface area contributed by atoms with Gasteiger partial charge in [-0.3, -0.25) is 4.79 Å². The molecule has 3 aliphatic heterocycles. The first-order valence-electron chi connectivity index (χ1n) is 7.77. The number of piperidine rings is 3. The Morgan fingerprint density at radius 1 is 1.39 bits per heavy atom. The van der Waals surface area contributed by atoms with Crippen molar-refractivity contribution < 1.29 is 38.4 Å². The molecule has 0 aliphatic carbocycles. The molecule has 1 aromatic heterocycles. The number of nitrogens with zero attached hydrogens (tertiary/aromatic N) is 2. The van der Waals surface area contributed by atoms with E-state index in [0.29, 0.717) is 11.6 Å². The number of carbonyl (C=O) groups excluding carboxylic acids is 1. The Balaban J connectivity index is 0.00000156. The van der Waals surface area contributed by atoms with Crippen molar-refractivity contribution in [3.05, 3.63) is 23.9 Å². The summed E-state index contributed by atoms with van der Waals surface area (Å²) in [5, 5.41) is 13.6. The Morgan fingerprint density at radius 2 is 2.13 bits per heavy atom. The molecule has 0 saturated carbocycles. The lowest BCUT2D eigenvalue weighted by Gasteiger charge is -2.50. The fourth-order valence-electron chi connectivity index (χ4n) is 3.91. The lowest BCUT2D eigenvalue weighted by molar-refractivity contribution is -0.925. The zero-order chi connectivity index (χ0) is 15.3. The predicted octanol–water partition coefficient (Wildman–Crippen LogP) is -1.03. The average Bonchev–Trinajstić information content (AvgIpc) is 2.90. The minimum absolute atomic E-state index is 0. The zero-order valence-corrected chi connectivity index (χ0v) is 15.9. The van der Waals surface area contributed by atoms with Gasteiger partial charge in [-0.1, -0.05) is 0 Å². The number of nitrogens with one attached hydrogen (secondary N) is 1. The molecule has 3 fully saturated rings. The summed E-state index contributed by atoms with van der Waals surface area (Å²) in [4.78, 5) is 12.6. The summed E-state index contributed by atoms with van der Waals surface area (Å²) in [6.45, 7) is 3.47. The summed E-state index contributed by atoms with van der Waals surface area (Å²) in [6, 6.07) is 5.30. The van der Waals surface area contributed by atoms with Crippen LogP contribution in [-0.4, -0.2) is 52.6 Å². The van der Waals surface area contributed by atoms with Crippen LogP contribution in [0.2, 0.25) is 0 Å². The third kappa shape index (κ3) is 3.06. The summed E-state index contributed by atoms with van der Waals surface area (Å²) in [5.74, 6) is 0.659. The molecule has 1 atom stereocenters. The standard InChI is InChI=1S/C16H19N3O2S.HI/c1-19-6-4-10(5-7-19)13(9-19)17-16(21)15-12-8-11(20)2-3-14(12)22-18-15;/h2-3,8,10,13H,4-7,9H2,1H3,(H-,17,20,21);1H/t10?,13-,19?;/m1./s1. The van der Waals surface area contributed by atoms with Gasteiger partial charge in [-0.05, 0) is 35.6 Å². The first-order valence-corrected chi connectivity index (χ1v) is 8.54. The highest BCUT2D eigenvalue weighted by molar-refractivity contribution is 7.13. The van der Waals surface area contributed by atoms with E-state index in [1.165, 1.54) is 37.5 Å². The molecule has 0 radical (unpaired) electrons. The lowest BCUT2D eigenvalue weighted by atomic mass is 9.82. The molecule has 0 unspecified atom stereocenters. The van der Waals surface area contributed by atoms with Crippen LogP contribution in [0.25, 0.3) is 10.1 Å². The first kappa shape index (κ1) is 16.9. The van der Waals surface area contributed by atoms with Gasteiger partial charge < -0.3 is 38.9 Å². The van der Waals surface area contributed by atoms with Crippen LogP contribution in [0.3, 0.4) is 0 Å². The number of aromatic nitrogens is 1. The normalized spacial score (nSPS) is 29.3. The SMILES string of the molecule is C[N+]12CCC(CC1)[C@H](NC(=O)c1nsc3ccc(O)cc13)C2.[I-]. The number of halogens is 1. The molecule has 4 heterocycles. The molecule has 23 heavy (non-hydrogen) atoms. The maximum atomic E-state index is 12.6. The van der Waals surface area contributed by atoms with Crippen LogP contribution >= 0.6 is 11.5 Å². The molecule has 1 aromatic carbocycles. The van der Waals surface area contributed by atoms with Gasteiger partial charge in [0.05, 0.1) is 37.4 Å². The Hall–Kier alpha value is -0.930. The summed E-state index contributed by atoms with van der Waals surface area (Å²) in [5.41, 5.74) is 0.440. The van der Waals surface area contributed by atoms with Gasteiger partial charge in [0.2, 0.25) is 0 Å². The van der Waals surface area contributed by atoms with E-state index >= 15 is 0 Å². The van der Waals surface area contributed by atoms with E-state index in [2.05, 4.69) is 16.7 Å². The fraction of sp³-hybridized carbons (Fsp3) is 0.500. The second-order valence-corrected chi connectivity index (χ2v) is 7.68. The molecule has 3 saturated heterocycles. The number of carbonyl (C=O) groups is 1. The number of fused-ring (bicyclic) bond motifs is 4. The molecule has 5 nitrogen and oxygen atoms in total. The van der Waals surface area contributed by atoms with Crippen molar-refractivity contribution in [1.29, 1.82) is 0 Å². The number of quaternary nitrogens is 1. The second kappa shape index (κ2) is 6.18. The summed E-state index contributed by atoms with van der Waals surface area (Å²) in [6.07, 6.45) is 2.39. The van der Waals surface area contributed by atoms with Crippen LogP contribution in [0, 0.1) is 5.92 Å². The summed E-state index contributed by atoms with van der Waals surface area (Å²) in [7, 11) is 2.28. The number of hydrogen-bond acceptors (Lipinski definition) is 4. The zero-order valence-electron chi connectivity index (χ0n) is 13.0. The van der Waals surface area contributed by atoms with Crippen molar-refractivity contribution in [1.82, 2.24) is 9.69 Å². The molecule has 7 heteroatoms. The van der Waals surface area contributed by atoms with Gasteiger partial charge in [0.15, 0.2) is 0 Å². The molecule has 3 aliphatic rings. The second-order valence-electron chi connectivity index (χ2n) is 6.88. The Labute approximate surface area is 156 Å². The topological polar surface area (TPSA) is 62.2 Å². The number of benzene rings is 1. The van der Waals surface area contributed by atoms with Crippen LogP contribution in [0.1, 0.15) is 23.3 Å². The highest BCUT2D eigenvalue weighted by Crippen LogP contribution is 2.33. The van der Waals surface area contributed by atoms with Gasteiger partial charge in [-0.25, -0.2) is 0 Å². The monoisotopic (exact) mass is 445 g/mol. The number of rotatable bonds is 2. The molecular formula is C16H20IN3O2S. The van der Waals surface area contributed by atoms with Gasteiger partial charge in [-0.15, -0.1) is 0 Å². The van der Waals surface area contributed by atoms with Gasteiger partial charge in [-0.2, -0.15) is 4.37 Å². The Kier molecular flexibility index (Phi) is 4.54. The van der Waals surface area contributed by atoms with Crippen LogP contribution in [0.4, 0.5) is 0 Å². The van der Waals surface area contributed by atoms with E-state index in [4.69, 9.17) is 0 Å². The molecule has 5 rings (SSSR count). The number of phenolic OH excluding ortho intramolecular Hbond substituents is 1. The number of aromatic hydroxyl groups is 1. The average molecular weight is 445 g/mol. The maximum absolute atomic E-state index is 12.6. The van der Waals surface area contributed by atoms with Crippen molar-refractivity contribution in [2.24, 2.45) is 5.92 Å². The minimum Gasteiger partial charge on any atom is -1.00 e. The van der Waals surface area contributed by atoms with E-state index in [1.807, 2.05) is 0 Å². The van der Waals surface area contributed by atoms with E-state index in [9.17, 15) is 9.90 Å². The van der Waals surface area contributed by atoms with Crippen molar-refractivity contribution in [3.8, 4) is 5.75 Å². The van der Waals surface area contributed by atoms with Gasteiger partial charge in [0.1, 0.15) is 11.4 Å². The van der Waals surface area contributed by atoms with Gasteiger partial charge >= 0.3 is 0 Å². The lowest BCUT2D eigenvalue weighted by Crippen LogP contribution is -3.00. The van der Waals surface area contributed by atoms with Gasteiger partial charge in [0.25, 0.3) is 5.91 Å². The van der Waals surface area contributed by atoms with Crippen molar-refractivity contribution in [2.75, 3.05) is 26.7 Å². The minimum atomic E-state index is -0.109.